The molecule has 21 heavy (non-hydrogen) atoms. The fourth-order valence-electron chi connectivity index (χ4n) is 2.51. The molecule has 1 aliphatic heterocycles. The van der Waals surface area contributed by atoms with E-state index in [4.69, 9.17) is 0 Å². The van der Waals surface area contributed by atoms with E-state index in [0.717, 1.165) is 17.9 Å². The summed E-state index contributed by atoms with van der Waals surface area (Å²) in [5.74, 6) is 0. The maximum absolute atomic E-state index is 4.15. The molecule has 1 aromatic carbocycles. The van der Waals surface area contributed by atoms with Gasteiger partial charge >= 0.3 is 0 Å². The van der Waals surface area contributed by atoms with E-state index in [1.165, 1.54) is 21.7 Å². The van der Waals surface area contributed by atoms with Crippen molar-refractivity contribution in [2.24, 2.45) is 0 Å². The molecule has 0 N–H and O–H groups in total. The number of benzene rings is 1. The lowest BCUT2D eigenvalue weighted by Gasteiger charge is -2.17. The summed E-state index contributed by atoms with van der Waals surface area (Å²) in [6.07, 6.45) is 5.78. The molecule has 1 aromatic heterocycles. The van der Waals surface area contributed by atoms with Gasteiger partial charge in [0, 0.05) is 29.9 Å². The molecular weight excluding hydrogens is 276 g/mol. The first-order valence-corrected chi connectivity index (χ1v) is 7.85. The molecule has 0 spiro atoms. The van der Waals surface area contributed by atoms with Crippen molar-refractivity contribution in [2.75, 3.05) is 7.05 Å². The highest BCUT2D eigenvalue weighted by atomic mass is 32.2. The Morgan fingerprint density at radius 3 is 2.48 bits per heavy atom. The molecule has 0 fully saturated rings. The van der Waals surface area contributed by atoms with E-state index in [1.807, 2.05) is 12.4 Å². The lowest BCUT2D eigenvalue weighted by molar-refractivity contribution is 0.647. The van der Waals surface area contributed by atoms with Crippen LogP contribution in [-0.2, 0) is 6.42 Å². The molecule has 106 valence electrons. The van der Waals surface area contributed by atoms with Crippen LogP contribution in [-0.4, -0.2) is 16.9 Å². The summed E-state index contributed by atoms with van der Waals surface area (Å²) in [5, 5.41) is 1.09. The van der Waals surface area contributed by atoms with Crippen molar-refractivity contribution >= 4 is 17.5 Å². The van der Waals surface area contributed by atoms with Gasteiger partial charge in [-0.15, -0.1) is 0 Å². The molecular formula is C18H18N2S. The summed E-state index contributed by atoms with van der Waals surface area (Å²) in [6, 6.07) is 14.8. The van der Waals surface area contributed by atoms with Gasteiger partial charge in [0.25, 0.3) is 0 Å². The van der Waals surface area contributed by atoms with Gasteiger partial charge in [0.15, 0.2) is 0 Å². The van der Waals surface area contributed by atoms with Crippen LogP contribution in [0.25, 0.3) is 5.70 Å². The molecule has 2 nitrogen and oxygen atoms in total. The zero-order chi connectivity index (χ0) is 14.7. The van der Waals surface area contributed by atoms with Crippen LogP contribution in [0.15, 0.2) is 71.4 Å². The zero-order valence-electron chi connectivity index (χ0n) is 12.1. The highest BCUT2D eigenvalue weighted by Crippen LogP contribution is 2.45. The van der Waals surface area contributed by atoms with Crippen molar-refractivity contribution in [1.82, 2.24) is 9.88 Å². The average molecular weight is 294 g/mol. The monoisotopic (exact) mass is 294 g/mol. The van der Waals surface area contributed by atoms with E-state index < -0.39 is 0 Å². The minimum absolute atomic E-state index is 1.04. The summed E-state index contributed by atoms with van der Waals surface area (Å²) in [4.78, 5) is 7.68. The number of allylic oxidation sites excluding steroid dienone is 1. The predicted molar refractivity (Wildman–Crippen MR) is 90.4 cm³/mol. The van der Waals surface area contributed by atoms with Crippen molar-refractivity contribution in [3.8, 4) is 0 Å². The maximum atomic E-state index is 4.15. The van der Waals surface area contributed by atoms with Gasteiger partial charge < -0.3 is 4.90 Å². The van der Waals surface area contributed by atoms with Crippen LogP contribution < -0.4 is 0 Å². The highest BCUT2D eigenvalue weighted by molar-refractivity contribution is 8.07. The molecule has 0 radical (unpaired) electrons. The standard InChI is InChI=1S/C18H18N2S/c1-14-20(2)18(16-10-12-19-13-11-16)17(21-14)9-8-15-6-4-3-5-7-15/h3-7,10-13H,1,8-9H2,2H3. The number of nitrogens with zero attached hydrogens (tertiary/aromatic N) is 2. The summed E-state index contributed by atoms with van der Waals surface area (Å²) in [7, 11) is 2.08. The number of hydrogen-bond donors (Lipinski definition) is 0. The van der Waals surface area contributed by atoms with Gasteiger partial charge in [0.2, 0.25) is 0 Å². The van der Waals surface area contributed by atoms with Crippen molar-refractivity contribution in [3.63, 3.8) is 0 Å². The summed E-state index contributed by atoms with van der Waals surface area (Å²) < 4.78 is 0. The Kier molecular flexibility index (Phi) is 4.11. The lowest BCUT2D eigenvalue weighted by Crippen LogP contribution is -2.09. The molecule has 2 heterocycles. The predicted octanol–water partition coefficient (Wildman–Crippen LogP) is 4.53. The first-order chi connectivity index (χ1) is 10.3. The quantitative estimate of drug-likeness (QED) is 0.824. The molecule has 0 aliphatic carbocycles. The number of aryl methyl sites for hydroxylation is 1. The van der Waals surface area contributed by atoms with Crippen LogP contribution >= 0.6 is 11.8 Å². The van der Waals surface area contributed by atoms with Crippen molar-refractivity contribution in [2.45, 2.75) is 12.8 Å². The second kappa shape index (κ2) is 6.19. The van der Waals surface area contributed by atoms with Gasteiger partial charge in [0.1, 0.15) is 0 Å². The van der Waals surface area contributed by atoms with Crippen LogP contribution in [0, 0.1) is 0 Å². The van der Waals surface area contributed by atoms with E-state index in [2.05, 4.69) is 66.0 Å². The molecule has 0 amide bonds. The van der Waals surface area contributed by atoms with E-state index in [0.29, 0.717) is 0 Å². The molecule has 1 aliphatic rings. The molecule has 0 atom stereocenters. The van der Waals surface area contributed by atoms with Gasteiger partial charge in [-0.25, -0.2) is 0 Å². The third-order valence-corrected chi connectivity index (χ3v) is 4.81. The van der Waals surface area contributed by atoms with Gasteiger partial charge in [-0.3, -0.25) is 4.98 Å². The van der Waals surface area contributed by atoms with Crippen molar-refractivity contribution in [1.29, 1.82) is 0 Å². The third kappa shape index (κ3) is 3.03. The topological polar surface area (TPSA) is 16.1 Å². The smallest absolute Gasteiger partial charge is 0.0722 e. The number of hydrogen-bond acceptors (Lipinski definition) is 3. The molecule has 0 saturated heterocycles. The lowest BCUT2D eigenvalue weighted by atomic mass is 10.1. The third-order valence-electron chi connectivity index (χ3n) is 3.65. The number of thioether (sulfide) groups is 1. The van der Waals surface area contributed by atoms with E-state index in [-0.39, 0.29) is 0 Å². The molecule has 3 rings (SSSR count). The highest BCUT2D eigenvalue weighted by Gasteiger charge is 2.24. The first kappa shape index (κ1) is 14.0. The fourth-order valence-corrected chi connectivity index (χ4v) is 3.58. The van der Waals surface area contributed by atoms with Crippen LogP contribution in [0.1, 0.15) is 17.5 Å². The van der Waals surface area contributed by atoms with Crippen LogP contribution in [0.3, 0.4) is 0 Å². The number of rotatable bonds is 4. The molecule has 0 saturated carbocycles. The summed E-state index contributed by atoms with van der Waals surface area (Å²) in [5.41, 5.74) is 3.85. The maximum Gasteiger partial charge on any atom is 0.0722 e. The Bertz CT molecular complexity index is 662. The van der Waals surface area contributed by atoms with E-state index >= 15 is 0 Å². The van der Waals surface area contributed by atoms with E-state index in [9.17, 15) is 0 Å². The first-order valence-electron chi connectivity index (χ1n) is 7.03. The van der Waals surface area contributed by atoms with Gasteiger partial charge in [0.05, 0.1) is 10.7 Å². The van der Waals surface area contributed by atoms with E-state index in [1.54, 1.807) is 11.8 Å². The van der Waals surface area contributed by atoms with Gasteiger partial charge in [-0.2, -0.15) is 0 Å². The molecule has 0 bridgehead atoms. The minimum Gasteiger partial charge on any atom is -0.338 e. The minimum atomic E-state index is 1.04. The van der Waals surface area contributed by atoms with Crippen LogP contribution in [0.4, 0.5) is 0 Å². The largest absolute Gasteiger partial charge is 0.338 e. The van der Waals surface area contributed by atoms with Gasteiger partial charge in [-0.05, 0) is 30.5 Å². The van der Waals surface area contributed by atoms with Crippen LogP contribution in [0.2, 0.25) is 0 Å². The second-order valence-corrected chi connectivity index (χ2v) is 6.22. The SMILES string of the molecule is C=C1SC(CCc2ccccc2)=C(c2ccncc2)N1C. The Hall–Kier alpha value is -2.00. The van der Waals surface area contributed by atoms with Crippen molar-refractivity contribution < 1.29 is 0 Å². The van der Waals surface area contributed by atoms with Crippen molar-refractivity contribution in [3.05, 3.63) is 82.5 Å². The summed E-state index contributed by atoms with van der Waals surface area (Å²) in [6.45, 7) is 4.15. The number of pyridine rings is 1. The Balaban J connectivity index is 1.86. The van der Waals surface area contributed by atoms with Crippen LogP contribution in [0.5, 0.6) is 0 Å². The molecule has 0 unspecified atom stereocenters. The second-order valence-electron chi connectivity index (χ2n) is 5.05. The average Bonchev–Trinajstić information content (AvgIpc) is 2.82. The molecule has 2 aromatic rings. The summed E-state index contributed by atoms with van der Waals surface area (Å²) >= 11 is 1.79. The Labute approximate surface area is 130 Å². The zero-order valence-corrected chi connectivity index (χ0v) is 12.9. The Morgan fingerprint density at radius 2 is 1.76 bits per heavy atom. The Morgan fingerprint density at radius 1 is 1.05 bits per heavy atom. The molecule has 3 heteroatoms. The normalized spacial score (nSPS) is 14.9. The fraction of sp³-hybridized carbons (Fsp3) is 0.167. The number of aromatic nitrogens is 1. The van der Waals surface area contributed by atoms with Gasteiger partial charge in [-0.1, -0.05) is 48.7 Å².